The minimum atomic E-state index is -0.120. The molecule has 1 N–H and O–H groups in total. The van der Waals surface area contributed by atoms with E-state index >= 15 is 0 Å². The van der Waals surface area contributed by atoms with Crippen LogP contribution in [0, 0.1) is 6.92 Å². The highest BCUT2D eigenvalue weighted by atomic mass is 35.5. The summed E-state index contributed by atoms with van der Waals surface area (Å²) < 4.78 is 0. The van der Waals surface area contributed by atoms with E-state index in [1.807, 2.05) is 19.1 Å². The van der Waals surface area contributed by atoms with Crippen molar-refractivity contribution in [1.82, 2.24) is 10.2 Å². The van der Waals surface area contributed by atoms with Crippen molar-refractivity contribution in [3.05, 3.63) is 70.2 Å². The maximum absolute atomic E-state index is 12.6. The predicted octanol–water partition coefficient (Wildman–Crippen LogP) is 4.03. The first-order valence-electron chi connectivity index (χ1n) is 9.86. The molecule has 2 aromatic rings. The lowest BCUT2D eigenvalue weighted by molar-refractivity contribution is -0.122. The molecule has 1 aliphatic heterocycles. The topological polar surface area (TPSA) is 66.5 Å². The number of rotatable bonds is 6. The fourth-order valence-electron chi connectivity index (χ4n) is 3.44. The van der Waals surface area contributed by atoms with Crippen LogP contribution in [0.2, 0.25) is 5.02 Å². The smallest absolute Gasteiger partial charge is 0.253 e. The van der Waals surface area contributed by atoms with Gasteiger partial charge in [-0.3, -0.25) is 14.4 Å². The Labute approximate surface area is 176 Å². The van der Waals surface area contributed by atoms with E-state index < -0.39 is 0 Å². The van der Waals surface area contributed by atoms with Crippen LogP contribution in [0.1, 0.15) is 52.0 Å². The Balaban J connectivity index is 1.42. The first-order chi connectivity index (χ1) is 13.9. The lowest BCUT2D eigenvalue weighted by Crippen LogP contribution is -2.46. The van der Waals surface area contributed by atoms with Crippen LogP contribution in [0.5, 0.6) is 0 Å². The molecule has 0 aliphatic carbocycles. The summed E-state index contributed by atoms with van der Waals surface area (Å²) in [6.07, 6.45) is 1.77. The van der Waals surface area contributed by atoms with Gasteiger partial charge in [0.05, 0.1) is 0 Å². The number of hydrogen-bond donors (Lipinski definition) is 1. The van der Waals surface area contributed by atoms with Gasteiger partial charge in [0.2, 0.25) is 5.91 Å². The number of aryl methyl sites for hydroxylation is 1. The zero-order chi connectivity index (χ0) is 20.8. The Kier molecular flexibility index (Phi) is 7.04. The van der Waals surface area contributed by atoms with Gasteiger partial charge in [0.25, 0.3) is 5.91 Å². The molecular formula is C23H25ClN2O3. The van der Waals surface area contributed by atoms with E-state index in [0.717, 1.165) is 5.56 Å². The molecule has 0 bridgehead atoms. The minimum Gasteiger partial charge on any atom is -0.353 e. The second kappa shape index (κ2) is 9.70. The summed E-state index contributed by atoms with van der Waals surface area (Å²) in [5.41, 5.74) is 2.31. The fourth-order valence-corrected chi connectivity index (χ4v) is 3.63. The van der Waals surface area contributed by atoms with Gasteiger partial charge >= 0.3 is 0 Å². The molecule has 3 rings (SSSR count). The number of ketones is 1. The van der Waals surface area contributed by atoms with Crippen molar-refractivity contribution in [2.24, 2.45) is 0 Å². The molecule has 0 spiro atoms. The molecule has 0 saturated carbocycles. The number of benzene rings is 2. The van der Waals surface area contributed by atoms with E-state index in [9.17, 15) is 14.4 Å². The number of nitrogens with zero attached hydrogens (tertiary/aromatic N) is 1. The van der Waals surface area contributed by atoms with Gasteiger partial charge in [-0.05, 0) is 38.0 Å². The van der Waals surface area contributed by atoms with Crippen LogP contribution in [-0.4, -0.2) is 41.6 Å². The summed E-state index contributed by atoms with van der Waals surface area (Å²) in [5.74, 6) is -0.187. The highest BCUT2D eigenvalue weighted by Gasteiger charge is 2.24. The first-order valence-corrected chi connectivity index (χ1v) is 10.2. The van der Waals surface area contributed by atoms with Crippen molar-refractivity contribution in [3.8, 4) is 0 Å². The summed E-state index contributed by atoms with van der Waals surface area (Å²) in [6.45, 7) is 3.13. The monoisotopic (exact) mass is 412 g/mol. The van der Waals surface area contributed by atoms with E-state index in [1.165, 1.54) is 0 Å². The lowest BCUT2D eigenvalue weighted by Gasteiger charge is -2.32. The summed E-state index contributed by atoms with van der Waals surface area (Å²) in [5, 5.41) is 3.53. The maximum Gasteiger partial charge on any atom is 0.253 e. The van der Waals surface area contributed by atoms with Gasteiger partial charge in [0.1, 0.15) is 0 Å². The van der Waals surface area contributed by atoms with Gasteiger partial charge in [-0.2, -0.15) is 0 Å². The summed E-state index contributed by atoms with van der Waals surface area (Å²) in [4.78, 5) is 38.8. The number of carbonyl (C=O) groups is 3. The van der Waals surface area contributed by atoms with Gasteiger partial charge in [-0.25, -0.2) is 0 Å². The highest BCUT2D eigenvalue weighted by Crippen LogP contribution is 2.17. The van der Waals surface area contributed by atoms with Crippen molar-refractivity contribution in [2.45, 2.75) is 38.6 Å². The number of likely N-dealkylation sites (tertiary alicyclic amines) is 1. The Bertz CT molecular complexity index is 887. The van der Waals surface area contributed by atoms with E-state index in [0.29, 0.717) is 42.1 Å². The van der Waals surface area contributed by atoms with Gasteiger partial charge < -0.3 is 10.2 Å². The molecule has 1 fully saturated rings. The Hall–Kier alpha value is -2.66. The molecule has 0 unspecified atom stereocenters. The van der Waals surface area contributed by atoms with E-state index in [1.54, 1.807) is 41.3 Å². The zero-order valence-electron chi connectivity index (χ0n) is 16.5. The molecule has 2 aromatic carbocycles. The van der Waals surface area contributed by atoms with Crippen LogP contribution in [0.25, 0.3) is 0 Å². The van der Waals surface area contributed by atoms with Crippen molar-refractivity contribution in [2.75, 3.05) is 13.1 Å². The molecule has 0 radical (unpaired) electrons. The summed E-state index contributed by atoms with van der Waals surface area (Å²) >= 11 is 5.96. The average Bonchev–Trinajstić information content (AvgIpc) is 2.72. The van der Waals surface area contributed by atoms with Crippen molar-refractivity contribution in [3.63, 3.8) is 0 Å². The minimum absolute atomic E-state index is 0.0258. The quantitative estimate of drug-likeness (QED) is 0.728. The van der Waals surface area contributed by atoms with E-state index in [2.05, 4.69) is 5.32 Å². The maximum atomic E-state index is 12.6. The first kappa shape index (κ1) is 21.1. The van der Waals surface area contributed by atoms with Gasteiger partial charge in [-0.1, -0.05) is 47.5 Å². The molecular weight excluding hydrogens is 388 g/mol. The van der Waals surface area contributed by atoms with Crippen LogP contribution in [0.3, 0.4) is 0 Å². The SMILES string of the molecule is Cc1ccc(C(=O)CCC(=O)NC2CCN(C(=O)c3cccc(Cl)c3)CC2)cc1. The van der Waals surface area contributed by atoms with Crippen molar-refractivity contribution < 1.29 is 14.4 Å². The summed E-state index contributed by atoms with van der Waals surface area (Å²) in [7, 11) is 0. The van der Waals surface area contributed by atoms with Crippen LogP contribution in [-0.2, 0) is 4.79 Å². The zero-order valence-corrected chi connectivity index (χ0v) is 17.2. The van der Waals surface area contributed by atoms with Crippen molar-refractivity contribution >= 4 is 29.2 Å². The molecule has 2 amide bonds. The largest absolute Gasteiger partial charge is 0.353 e. The molecule has 152 valence electrons. The third kappa shape index (κ3) is 5.91. The Morgan fingerprint density at radius 1 is 1.00 bits per heavy atom. The number of carbonyl (C=O) groups excluding carboxylic acids is 3. The van der Waals surface area contributed by atoms with Gasteiger partial charge in [0, 0.05) is 48.1 Å². The normalized spacial score (nSPS) is 14.5. The second-order valence-electron chi connectivity index (χ2n) is 7.43. The molecule has 0 atom stereocenters. The Morgan fingerprint density at radius 2 is 1.69 bits per heavy atom. The standard InChI is InChI=1S/C23H25ClN2O3/c1-16-5-7-17(8-6-16)21(27)9-10-22(28)25-20-11-13-26(14-12-20)23(29)18-3-2-4-19(24)15-18/h2-8,15,20H,9-14H2,1H3,(H,25,28). The van der Waals surface area contributed by atoms with E-state index in [4.69, 9.17) is 11.6 Å². The fraction of sp³-hybridized carbons (Fsp3) is 0.348. The average molecular weight is 413 g/mol. The number of nitrogens with one attached hydrogen (secondary N) is 1. The number of piperidine rings is 1. The van der Waals surface area contributed by atoms with Gasteiger partial charge in [0.15, 0.2) is 5.78 Å². The molecule has 1 saturated heterocycles. The van der Waals surface area contributed by atoms with Crippen LogP contribution < -0.4 is 5.32 Å². The molecule has 0 aromatic heterocycles. The second-order valence-corrected chi connectivity index (χ2v) is 7.87. The van der Waals surface area contributed by atoms with Crippen LogP contribution >= 0.6 is 11.6 Å². The summed E-state index contributed by atoms with van der Waals surface area (Å²) in [6, 6.07) is 14.3. The van der Waals surface area contributed by atoms with E-state index in [-0.39, 0.29) is 36.5 Å². The Morgan fingerprint density at radius 3 is 2.34 bits per heavy atom. The number of halogens is 1. The molecule has 6 heteroatoms. The van der Waals surface area contributed by atoms with Crippen LogP contribution in [0.4, 0.5) is 0 Å². The number of Topliss-reactive ketones (excluding diaryl/α,β-unsaturated/α-hetero) is 1. The third-order valence-electron chi connectivity index (χ3n) is 5.17. The third-order valence-corrected chi connectivity index (χ3v) is 5.41. The molecule has 5 nitrogen and oxygen atoms in total. The lowest BCUT2D eigenvalue weighted by atomic mass is 10.0. The van der Waals surface area contributed by atoms with Crippen LogP contribution in [0.15, 0.2) is 48.5 Å². The molecule has 1 heterocycles. The van der Waals surface area contributed by atoms with Gasteiger partial charge in [-0.15, -0.1) is 0 Å². The molecule has 29 heavy (non-hydrogen) atoms. The number of amides is 2. The predicted molar refractivity (Wildman–Crippen MR) is 113 cm³/mol. The molecule has 1 aliphatic rings. The number of hydrogen-bond acceptors (Lipinski definition) is 3. The van der Waals surface area contributed by atoms with Crippen molar-refractivity contribution in [1.29, 1.82) is 0 Å². The highest BCUT2D eigenvalue weighted by molar-refractivity contribution is 6.30.